The molecule has 0 spiro atoms. The van der Waals surface area contributed by atoms with E-state index in [0.29, 0.717) is 0 Å². The van der Waals surface area contributed by atoms with E-state index in [1.54, 1.807) is 0 Å². The van der Waals surface area contributed by atoms with Gasteiger partial charge < -0.3 is 10.2 Å². The Balaban J connectivity index is 1.47. The predicted molar refractivity (Wildman–Crippen MR) is 76.7 cm³/mol. The number of rotatable bonds is 6. The van der Waals surface area contributed by atoms with Crippen LogP contribution in [0, 0.1) is 17.8 Å². The maximum Gasteiger partial charge on any atom is 0.0126 e. The molecule has 1 saturated heterocycles. The minimum absolute atomic E-state index is 0.746. The molecule has 0 aromatic carbocycles. The van der Waals surface area contributed by atoms with Gasteiger partial charge in [0.1, 0.15) is 0 Å². The second-order valence-corrected chi connectivity index (χ2v) is 6.93. The van der Waals surface area contributed by atoms with Gasteiger partial charge in [0.2, 0.25) is 0 Å². The summed E-state index contributed by atoms with van der Waals surface area (Å²) in [7, 11) is 0. The van der Waals surface area contributed by atoms with Gasteiger partial charge in [-0.05, 0) is 82.8 Å². The fraction of sp³-hybridized carbons (Fsp3) is 1.00. The summed E-state index contributed by atoms with van der Waals surface area (Å²) in [5, 5.41) is 4.02. The first kappa shape index (κ1) is 12.9. The molecular weight excluding hydrogens is 220 g/mol. The third-order valence-electron chi connectivity index (χ3n) is 5.50. The average molecular weight is 250 g/mol. The number of likely N-dealkylation sites (tertiary alicyclic amines) is 1. The van der Waals surface area contributed by atoms with E-state index in [1.165, 1.54) is 58.2 Å². The average Bonchev–Trinajstić information content (AvgIpc) is 3.29. The minimum Gasteiger partial charge on any atom is -0.311 e. The van der Waals surface area contributed by atoms with Crippen LogP contribution in [0.2, 0.25) is 0 Å². The lowest BCUT2D eigenvalue weighted by Crippen LogP contribution is -2.46. The molecule has 2 saturated carbocycles. The second kappa shape index (κ2) is 5.50. The van der Waals surface area contributed by atoms with E-state index in [2.05, 4.69) is 24.1 Å². The van der Waals surface area contributed by atoms with Gasteiger partial charge in [0.25, 0.3) is 0 Å². The van der Waals surface area contributed by atoms with Crippen LogP contribution in [0.25, 0.3) is 0 Å². The molecule has 0 bridgehead atoms. The Morgan fingerprint density at radius 3 is 1.94 bits per heavy atom. The Hall–Kier alpha value is -0.0800. The lowest BCUT2D eigenvalue weighted by Gasteiger charge is -2.36. The van der Waals surface area contributed by atoms with Crippen LogP contribution in [-0.2, 0) is 0 Å². The lowest BCUT2D eigenvalue weighted by atomic mass is 9.89. The standard InChI is InChI=1S/C16H30N2/c1-3-18-10-8-13(9-11-18)12(2)17-16(14-4-5-14)15-6-7-15/h12-17H,3-11H2,1-2H3. The van der Waals surface area contributed by atoms with Crippen molar-refractivity contribution in [2.24, 2.45) is 17.8 Å². The van der Waals surface area contributed by atoms with Crippen molar-refractivity contribution in [1.29, 1.82) is 0 Å². The van der Waals surface area contributed by atoms with Crippen molar-refractivity contribution >= 4 is 0 Å². The molecule has 1 heterocycles. The summed E-state index contributed by atoms with van der Waals surface area (Å²) in [6.45, 7) is 8.62. The minimum atomic E-state index is 0.746. The maximum atomic E-state index is 4.02. The number of nitrogens with one attached hydrogen (secondary N) is 1. The zero-order chi connectivity index (χ0) is 12.5. The Bertz CT molecular complexity index is 250. The van der Waals surface area contributed by atoms with E-state index in [-0.39, 0.29) is 0 Å². The van der Waals surface area contributed by atoms with Crippen LogP contribution in [0.15, 0.2) is 0 Å². The molecule has 1 unspecified atom stereocenters. The van der Waals surface area contributed by atoms with Crippen LogP contribution < -0.4 is 5.32 Å². The molecule has 3 aliphatic rings. The topological polar surface area (TPSA) is 15.3 Å². The molecule has 2 heteroatoms. The van der Waals surface area contributed by atoms with Gasteiger partial charge in [-0.1, -0.05) is 6.92 Å². The molecule has 2 aliphatic carbocycles. The molecule has 104 valence electrons. The van der Waals surface area contributed by atoms with Gasteiger partial charge in [0.15, 0.2) is 0 Å². The van der Waals surface area contributed by atoms with E-state index >= 15 is 0 Å². The summed E-state index contributed by atoms with van der Waals surface area (Å²) in [6, 6.07) is 1.62. The van der Waals surface area contributed by atoms with Gasteiger partial charge in [-0.2, -0.15) is 0 Å². The highest BCUT2D eigenvalue weighted by molar-refractivity contribution is 4.98. The SMILES string of the molecule is CCN1CCC(C(C)NC(C2CC2)C2CC2)CC1. The Kier molecular flexibility index (Phi) is 3.95. The third kappa shape index (κ3) is 3.08. The Morgan fingerprint density at radius 2 is 1.50 bits per heavy atom. The molecule has 0 aromatic rings. The summed E-state index contributed by atoms with van der Waals surface area (Å²) in [5.74, 6) is 3.00. The predicted octanol–water partition coefficient (Wildman–Crippen LogP) is 2.89. The van der Waals surface area contributed by atoms with Gasteiger partial charge >= 0.3 is 0 Å². The normalized spacial score (nSPS) is 28.8. The summed E-state index contributed by atoms with van der Waals surface area (Å²) in [4.78, 5) is 2.60. The molecule has 18 heavy (non-hydrogen) atoms. The monoisotopic (exact) mass is 250 g/mol. The lowest BCUT2D eigenvalue weighted by molar-refractivity contribution is 0.160. The maximum absolute atomic E-state index is 4.02. The first-order chi connectivity index (χ1) is 8.78. The van der Waals surface area contributed by atoms with Gasteiger partial charge in [0.05, 0.1) is 0 Å². The van der Waals surface area contributed by atoms with Crippen molar-refractivity contribution in [3.05, 3.63) is 0 Å². The van der Waals surface area contributed by atoms with Crippen LogP contribution in [0.4, 0.5) is 0 Å². The van der Waals surface area contributed by atoms with E-state index in [4.69, 9.17) is 0 Å². The molecule has 0 amide bonds. The van der Waals surface area contributed by atoms with Gasteiger partial charge in [-0.15, -0.1) is 0 Å². The highest BCUT2D eigenvalue weighted by atomic mass is 15.1. The van der Waals surface area contributed by atoms with Crippen LogP contribution in [-0.4, -0.2) is 36.6 Å². The molecule has 1 N–H and O–H groups in total. The summed E-state index contributed by atoms with van der Waals surface area (Å²) >= 11 is 0. The molecule has 1 atom stereocenters. The molecule has 1 aliphatic heterocycles. The number of piperidine rings is 1. The molecule has 0 aromatic heterocycles. The summed E-state index contributed by atoms with van der Waals surface area (Å²) in [6.07, 6.45) is 8.79. The van der Waals surface area contributed by atoms with Gasteiger partial charge in [-0.25, -0.2) is 0 Å². The van der Waals surface area contributed by atoms with Crippen molar-refractivity contribution in [3.63, 3.8) is 0 Å². The quantitative estimate of drug-likeness (QED) is 0.780. The fourth-order valence-electron chi connectivity index (χ4n) is 3.78. The Labute approximate surface area is 113 Å². The largest absolute Gasteiger partial charge is 0.311 e. The highest BCUT2D eigenvalue weighted by Crippen LogP contribution is 2.45. The first-order valence-electron chi connectivity index (χ1n) is 8.26. The summed E-state index contributed by atoms with van der Waals surface area (Å²) < 4.78 is 0. The molecule has 0 radical (unpaired) electrons. The van der Waals surface area contributed by atoms with Crippen LogP contribution >= 0.6 is 0 Å². The zero-order valence-electron chi connectivity index (χ0n) is 12.2. The molecule has 2 nitrogen and oxygen atoms in total. The van der Waals surface area contributed by atoms with E-state index in [1.807, 2.05) is 0 Å². The molecule has 3 fully saturated rings. The van der Waals surface area contributed by atoms with Crippen LogP contribution in [0.5, 0.6) is 0 Å². The van der Waals surface area contributed by atoms with Gasteiger partial charge in [-0.3, -0.25) is 0 Å². The van der Waals surface area contributed by atoms with Crippen molar-refractivity contribution < 1.29 is 0 Å². The van der Waals surface area contributed by atoms with E-state index in [0.717, 1.165) is 29.8 Å². The Morgan fingerprint density at radius 1 is 0.944 bits per heavy atom. The van der Waals surface area contributed by atoms with Crippen LogP contribution in [0.1, 0.15) is 52.4 Å². The van der Waals surface area contributed by atoms with E-state index < -0.39 is 0 Å². The van der Waals surface area contributed by atoms with Crippen molar-refractivity contribution in [3.8, 4) is 0 Å². The number of nitrogens with zero attached hydrogens (tertiary/aromatic N) is 1. The number of hydrogen-bond acceptors (Lipinski definition) is 2. The van der Waals surface area contributed by atoms with Crippen molar-refractivity contribution in [1.82, 2.24) is 10.2 Å². The van der Waals surface area contributed by atoms with Crippen LogP contribution in [0.3, 0.4) is 0 Å². The smallest absolute Gasteiger partial charge is 0.0126 e. The van der Waals surface area contributed by atoms with Crippen molar-refractivity contribution in [2.45, 2.75) is 64.5 Å². The van der Waals surface area contributed by atoms with Crippen molar-refractivity contribution in [2.75, 3.05) is 19.6 Å². The first-order valence-corrected chi connectivity index (χ1v) is 8.26. The third-order valence-corrected chi connectivity index (χ3v) is 5.50. The van der Waals surface area contributed by atoms with E-state index in [9.17, 15) is 0 Å². The fourth-order valence-corrected chi connectivity index (χ4v) is 3.78. The second-order valence-electron chi connectivity index (χ2n) is 6.93. The molecule has 3 rings (SSSR count). The zero-order valence-corrected chi connectivity index (χ0v) is 12.2. The summed E-state index contributed by atoms with van der Waals surface area (Å²) in [5.41, 5.74) is 0. The highest BCUT2D eigenvalue weighted by Gasteiger charge is 2.42. The number of hydrogen-bond donors (Lipinski definition) is 1. The van der Waals surface area contributed by atoms with Gasteiger partial charge in [0, 0.05) is 12.1 Å². The molecular formula is C16H30N2.